The molecule has 1 aliphatic carbocycles. The minimum Gasteiger partial charge on any atom is -0.395 e. The van der Waals surface area contributed by atoms with Crippen LogP contribution in [0.5, 0.6) is 0 Å². The average Bonchev–Trinajstić information content (AvgIpc) is 2.49. The number of rotatable bonds is 7. The smallest absolute Gasteiger partial charge is 0.234 e. The van der Waals surface area contributed by atoms with Gasteiger partial charge in [-0.3, -0.25) is 9.69 Å². The van der Waals surface area contributed by atoms with Gasteiger partial charge in [-0.15, -0.1) is 0 Å². The van der Waals surface area contributed by atoms with Gasteiger partial charge in [0.15, 0.2) is 0 Å². The van der Waals surface area contributed by atoms with Crippen LogP contribution in [0.25, 0.3) is 0 Å². The molecule has 4 nitrogen and oxygen atoms in total. The first-order valence-electron chi connectivity index (χ1n) is 7.94. The van der Waals surface area contributed by atoms with Crippen molar-refractivity contribution in [2.75, 3.05) is 19.7 Å². The highest BCUT2D eigenvalue weighted by Gasteiger charge is 2.17. The second-order valence-electron chi connectivity index (χ2n) is 5.82. The molecule has 2 rings (SSSR count). The second kappa shape index (κ2) is 8.80. The Morgan fingerprint density at radius 3 is 2.57 bits per heavy atom. The maximum atomic E-state index is 12.2. The third kappa shape index (κ3) is 5.86. The molecule has 21 heavy (non-hydrogen) atoms. The third-order valence-electron chi connectivity index (χ3n) is 4.00. The van der Waals surface area contributed by atoms with Crippen LogP contribution in [0.1, 0.15) is 37.7 Å². The summed E-state index contributed by atoms with van der Waals surface area (Å²) in [5.74, 6) is 0.0753. The summed E-state index contributed by atoms with van der Waals surface area (Å²) in [6.07, 6.45) is 5.93. The van der Waals surface area contributed by atoms with Gasteiger partial charge in [0.25, 0.3) is 0 Å². The lowest BCUT2D eigenvalue weighted by Gasteiger charge is -2.25. The summed E-state index contributed by atoms with van der Waals surface area (Å²) in [6, 6.07) is 10.4. The first kappa shape index (κ1) is 16.0. The van der Waals surface area contributed by atoms with Crippen LogP contribution in [0.15, 0.2) is 30.3 Å². The maximum Gasteiger partial charge on any atom is 0.234 e. The number of carbonyl (C=O) groups excluding carboxylic acids is 1. The molecule has 0 aliphatic heterocycles. The number of aliphatic hydroxyl groups excluding tert-OH is 1. The first-order valence-corrected chi connectivity index (χ1v) is 7.94. The molecule has 0 aromatic heterocycles. The Balaban J connectivity index is 1.82. The van der Waals surface area contributed by atoms with Gasteiger partial charge >= 0.3 is 0 Å². The highest BCUT2D eigenvalue weighted by atomic mass is 16.3. The van der Waals surface area contributed by atoms with Crippen molar-refractivity contribution in [3.8, 4) is 0 Å². The topological polar surface area (TPSA) is 52.6 Å². The fourth-order valence-electron chi connectivity index (χ4n) is 2.92. The van der Waals surface area contributed by atoms with Gasteiger partial charge in [-0.1, -0.05) is 49.6 Å². The van der Waals surface area contributed by atoms with E-state index in [0.29, 0.717) is 25.7 Å². The summed E-state index contributed by atoms with van der Waals surface area (Å²) in [5, 5.41) is 12.3. The number of nitrogens with zero attached hydrogens (tertiary/aromatic N) is 1. The van der Waals surface area contributed by atoms with E-state index < -0.39 is 0 Å². The van der Waals surface area contributed by atoms with Crippen LogP contribution in [-0.4, -0.2) is 41.7 Å². The Morgan fingerprint density at radius 1 is 1.19 bits per heavy atom. The number of amides is 1. The first-order chi connectivity index (χ1) is 10.3. The van der Waals surface area contributed by atoms with E-state index in [0.717, 1.165) is 18.4 Å². The molecular formula is C17H26N2O2. The molecule has 1 aromatic rings. The van der Waals surface area contributed by atoms with E-state index in [2.05, 4.69) is 5.32 Å². The Kier molecular flexibility index (Phi) is 6.70. The van der Waals surface area contributed by atoms with Crippen molar-refractivity contribution in [3.05, 3.63) is 35.9 Å². The van der Waals surface area contributed by atoms with Crippen molar-refractivity contribution < 1.29 is 9.90 Å². The largest absolute Gasteiger partial charge is 0.395 e. The van der Waals surface area contributed by atoms with Crippen molar-refractivity contribution >= 4 is 5.91 Å². The van der Waals surface area contributed by atoms with Crippen LogP contribution in [0, 0.1) is 0 Å². The van der Waals surface area contributed by atoms with Crippen LogP contribution in [-0.2, 0) is 11.3 Å². The van der Waals surface area contributed by atoms with Crippen molar-refractivity contribution in [1.82, 2.24) is 10.2 Å². The highest BCUT2D eigenvalue weighted by molar-refractivity contribution is 5.78. The fourth-order valence-corrected chi connectivity index (χ4v) is 2.92. The van der Waals surface area contributed by atoms with E-state index in [-0.39, 0.29) is 12.5 Å². The van der Waals surface area contributed by atoms with E-state index in [4.69, 9.17) is 0 Å². The lowest BCUT2D eigenvalue weighted by molar-refractivity contribution is -0.123. The van der Waals surface area contributed by atoms with Gasteiger partial charge < -0.3 is 10.4 Å². The predicted octanol–water partition coefficient (Wildman–Crippen LogP) is 1.93. The van der Waals surface area contributed by atoms with Crippen LogP contribution >= 0.6 is 0 Å². The van der Waals surface area contributed by atoms with Gasteiger partial charge in [-0.25, -0.2) is 0 Å². The normalized spacial score (nSPS) is 16.1. The minimum atomic E-state index is 0.0730. The summed E-state index contributed by atoms with van der Waals surface area (Å²) in [5.41, 5.74) is 1.16. The molecule has 1 saturated carbocycles. The fraction of sp³-hybridized carbons (Fsp3) is 0.588. The highest BCUT2D eigenvalue weighted by Crippen LogP contribution is 2.17. The monoisotopic (exact) mass is 290 g/mol. The molecule has 1 fully saturated rings. The molecule has 0 saturated heterocycles. The molecule has 0 bridgehead atoms. The van der Waals surface area contributed by atoms with Gasteiger partial charge in [0.1, 0.15) is 0 Å². The van der Waals surface area contributed by atoms with E-state index in [1.807, 2.05) is 35.2 Å². The number of hydrogen-bond donors (Lipinski definition) is 2. The van der Waals surface area contributed by atoms with Gasteiger partial charge in [-0.05, 0) is 18.4 Å². The average molecular weight is 290 g/mol. The van der Waals surface area contributed by atoms with Gasteiger partial charge in [-0.2, -0.15) is 0 Å². The standard InChI is InChI=1S/C17H26N2O2/c20-12-11-19(13-15-7-3-1-4-8-15)14-17(21)18-16-9-5-2-6-10-16/h1,3-4,7-8,16,20H,2,5-6,9-14H2,(H,18,21). The van der Waals surface area contributed by atoms with Crippen LogP contribution in [0.2, 0.25) is 0 Å². The Morgan fingerprint density at radius 2 is 1.90 bits per heavy atom. The van der Waals surface area contributed by atoms with Gasteiger partial charge in [0.05, 0.1) is 13.2 Å². The summed E-state index contributed by atoms with van der Waals surface area (Å²) in [6.45, 7) is 1.64. The molecule has 0 heterocycles. The molecule has 0 radical (unpaired) electrons. The van der Waals surface area contributed by atoms with Crippen molar-refractivity contribution in [3.63, 3.8) is 0 Å². The van der Waals surface area contributed by atoms with E-state index >= 15 is 0 Å². The number of hydrogen-bond acceptors (Lipinski definition) is 3. The number of nitrogens with one attached hydrogen (secondary N) is 1. The zero-order valence-electron chi connectivity index (χ0n) is 12.6. The Labute approximate surface area is 127 Å². The molecule has 1 aliphatic rings. The van der Waals surface area contributed by atoms with E-state index in [1.54, 1.807) is 0 Å². The molecule has 116 valence electrons. The van der Waals surface area contributed by atoms with Crippen molar-refractivity contribution in [2.45, 2.75) is 44.7 Å². The zero-order valence-corrected chi connectivity index (χ0v) is 12.6. The summed E-state index contributed by atoms with van der Waals surface area (Å²) in [7, 11) is 0. The molecule has 0 atom stereocenters. The number of aliphatic hydroxyl groups is 1. The van der Waals surface area contributed by atoms with E-state index in [9.17, 15) is 9.90 Å². The van der Waals surface area contributed by atoms with Gasteiger partial charge in [0, 0.05) is 19.1 Å². The molecule has 2 N–H and O–H groups in total. The lowest BCUT2D eigenvalue weighted by atomic mass is 9.95. The summed E-state index contributed by atoms with van der Waals surface area (Å²) >= 11 is 0. The second-order valence-corrected chi connectivity index (χ2v) is 5.82. The van der Waals surface area contributed by atoms with Crippen molar-refractivity contribution in [1.29, 1.82) is 0 Å². The lowest BCUT2D eigenvalue weighted by Crippen LogP contribution is -2.43. The van der Waals surface area contributed by atoms with Gasteiger partial charge in [0.2, 0.25) is 5.91 Å². The molecular weight excluding hydrogens is 264 g/mol. The zero-order chi connectivity index (χ0) is 14.9. The molecule has 0 unspecified atom stereocenters. The van der Waals surface area contributed by atoms with Crippen LogP contribution in [0.3, 0.4) is 0 Å². The molecule has 1 amide bonds. The summed E-state index contributed by atoms with van der Waals surface area (Å²) in [4.78, 5) is 14.1. The quantitative estimate of drug-likeness (QED) is 0.807. The molecule has 0 spiro atoms. The predicted molar refractivity (Wildman–Crippen MR) is 83.8 cm³/mol. The maximum absolute atomic E-state index is 12.2. The minimum absolute atomic E-state index is 0.0730. The third-order valence-corrected chi connectivity index (χ3v) is 4.00. The SMILES string of the molecule is O=C(CN(CCO)Cc1ccccc1)NC1CCCCC1. The van der Waals surface area contributed by atoms with E-state index in [1.165, 1.54) is 19.3 Å². The molecule has 1 aromatic carbocycles. The summed E-state index contributed by atoms with van der Waals surface area (Å²) < 4.78 is 0. The number of carbonyl (C=O) groups is 1. The Hall–Kier alpha value is -1.39. The Bertz CT molecular complexity index is 416. The van der Waals surface area contributed by atoms with Crippen molar-refractivity contribution in [2.24, 2.45) is 0 Å². The van der Waals surface area contributed by atoms with Crippen LogP contribution < -0.4 is 5.32 Å². The number of benzene rings is 1. The molecule has 4 heteroatoms. The van der Waals surface area contributed by atoms with Crippen LogP contribution in [0.4, 0.5) is 0 Å².